The Labute approximate surface area is 139 Å². The number of aliphatic hydroxyl groups is 1. The number of hydrogen-bond acceptors (Lipinski definition) is 3. The van der Waals surface area contributed by atoms with Gasteiger partial charge >= 0.3 is 0 Å². The molecule has 0 spiro atoms. The van der Waals surface area contributed by atoms with Gasteiger partial charge in [-0.1, -0.05) is 30.4 Å². The van der Waals surface area contributed by atoms with Crippen molar-refractivity contribution >= 4 is 0 Å². The largest absolute Gasteiger partial charge is 0.382 e. The number of piperidine rings is 3. The van der Waals surface area contributed by atoms with Crippen molar-refractivity contribution in [3.8, 4) is 0 Å². The van der Waals surface area contributed by atoms with Gasteiger partial charge in [-0.2, -0.15) is 0 Å². The Morgan fingerprint density at radius 3 is 2.61 bits per heavy atom. The zero-order valence-electron chi connectivity index (χ0n) is 13.8. The fourth-order valence-corrected chi connectivity index (χ4v) is 4.76. The molecule has 124 valence electrons. The first-order chi connectivity index (χ1) is 11.3. The average molecular weight is 313 g/mol. The van der Waals surface area contributed by atoms with E-state index in [9.17, 15) is 5.11 Å². The van der Waals surface area contributed by atoms with Gasteiger partial charge in [-0.3, -0.25) is 0 Å². The highest BCUT2D eigenvalue weighted by molar-refractivity contribution is 5.34. The molecule has 2 unspecified atom stereocenters. The summed E-state index contributed by atoms with van der Waals surface area (Å²) in [5.74, 6) is 0.967. The summed E-state index contributed by atoms with van der Waals surface area (Å²) in [6.45, 7) is 3.88. The molecule has 0 aromatic rings. The highest BCUT2D eigenvalue weighted by Gasteiger charge is 2.43. The van der Waals surface area contributed by atoms with Crippen LogP contribution in [0.15, 0.2) is 35.3 Å². The third-order valence-corrected chi connectivity index (χ3v) is 6.26. The normalized spacial score (nSPS) is 35.5. The minimum atomic E-state index is -0.902. The molecule has 3 heteroatoms. The van der Waals surface area contributed by atoms with Gasteiger partial charge in [0.25, 0.3) is 0 Å². The summed E-state index contributed by atoms with van der Waals surface area (Å²) in [6, 6.07) is 0. The summed E-state index contributed by atoms with van der Waals surface area (Å²) in [5, 5.41) is 11.5. The highest BCUT2D eigenvalue weighted by atomic mass is 16.5. The molecule has 5 rings (SSSR count). The fourth-order valence-electron chi connectivity index (χ4n) is 4.76. The average Bonchev–Trinajstić information content (AvgIpc) is 3.17. The number of rotatable bonds is 5. The van der Waals surface area contributed by atoms with E-state index in [0.717, 1.165) is 25.0 Å². The Kier molecular flexibility index (Phi) is 4.32. The molecule has 5 aliphatic rings. The van der Waals surface area contributed by atoms with E-state index in [0.29, 0.717) is 12.5 Å². The van der Waals surface area contributed by atoms with Crippen LogP contribution in [-0.2, 0) is 4.74 Å². The number of hydrogen-bond donors (Lipinski definition) is 1. The minimum Gasteiger partial charge on any atom is -0.382 e. The number of allylic oxidation sites excluding steroid dienone is 2. The summed E-state index contributed by atoms with van der Waals surface area (Å²) in [7, 11) is 0. The predicted octanol–water partition coefficient (Wildman–Crippen LogP) is 2.82. The van der Waals surface area contributed by atoms with Crippen molar-refractivity contribution in [3.05, 3.63) is 35.3 Å². The van der Waals surface area contributed by atoms with Gasteiger partial charge in [-0.25, -0.2) is 0 Å². The Bertz CT molecular complexity index is 568. The minimum absolute atomic E-state index is 0.288. The SMILES string of the molecule is OC(COC1CN2CCC1CC2)(C1=C=C=CC=C1)C1CCCC1. The molecule has 1 saturated carbocycles. The van der Waals surface area contributed by atoms with E-state index in [1.807, 2.05) is 18.2 Å². The highest BCUT2D eigenvalue weighted by Crippen LogP contribution is 2.40. The molecular weight excluding hydrogens is 286 g/mol. The van der Waals surface area contributed by atoms with Crippen molar-refractivity contribution in [2.45, 2.75) is 50.2 Å². The molecule has 0 amide bonds. The van der Waals surface area contributed by atoms with E-state index in [4.69, 9.17) is 4.74 Å². The number of ether oxygens (including phenoxy) is 1. The summed E-state index contributed by atoms with van der Waals surface area (Å²) >= 11 is 0. The maximum absolute atomic E-state index is 11.5. The molecule has 3 nitrogen and oxygen atoms in total. The molecular formula is C20H27NO2. The number of fused-ring (bicyclic) bond motifs is 3. The predicted molar refractivity (Wildman–Crippen MR) is 90.1 cm³/mol. The van der Waals surface area contributed by atoms with Crippen molar-refractivity contribution in [2.75, 3.05) is 26.2 Å². The molecule has 0 radical (unpaired) electrons. The molecule has 4 fully saturated rings. The second kappa shape index (κ2) is 6.43. The molecule has 2 aliphatic carbocycles. The van der Waals surface area contributed by atoms with Crippen molar-refractivity contribution in [1.82, 2.24) is 4.90 Å². The second-order valence-corrected chi connectivity index (χ2v) is 7.60. The summed E-state index contributed by atoms with van der Waals surface area (Å²) in [5.41, 5.74) is 6.10. The molecule has 23 heavy (non-hydrogen) atoms. The first-order valence-electron chi connectivity index (χ1n) is 9.21. The lowest BCUT2D eigenvalue weighted by Crippen LogP contribution is -2.53. The van der Waals surface area contributed by atoms with Gasteiger partial charge < -0.3 is 14.7 Å². The van der Waals surface area contributed by atoms with E-state index in [2.05, 4.69) is 16.4 Å². The lowest BCUT2D eigenvalue weighted by Gasteiger charge is -2.45. The summed E-state index contributed by atoms with van der Waals surface area (Å²) in [6.07, 6.45) is 13.1. The lowest BCUT2D eigenvalue weighted by atomic mass is 9.79. The van der Waals surface area contributed by atoms with Gasteiger partial charge in [0.05, 0.1) is 12.7 Å². The van der Waals surface area contributed by atoms with Crippen molar-refractivity contribution < 1.29 is 9.84 Å². The Morgan fingerprint density at radius 1 is 1.22 bits per heavy atom. The fraction of sp³-hybridized carbons (Fsp3) is 0.700. The van der Waals surface area contributed by atoms with Crippen LogP contribution in [0.25, 0.3) is 0 Å². The van der Waals surface area contributed by atoms with Crippen LogP contribution >= 0.6 is 0 Å². The zero-order valence-corrected chi connectivity index (χ0v) is 13.8. The molecule has 2 bridgehead atoms. The van der Waals surface area contributed by atoms with Crippen LogP contribution in [0.2, 0.25) is 0 Å². The van der Waals surface area contributed by atoms with Gasteiger partial charge in [0, 0.05) is 12.1 Å². The molecule has 1 N–H and O–H groups in total. The molecule has 2 atom stereocenters. The van der Waals surface area contributed by atoms with Crippen LogP contribution in [-0.4, -0.2) is 48.0 Å². The van der Waals surface area contributed by atoms with Gasteiger partial charge in [0.1, 0.15) is 5.60 Å². The monoisotopic (exact) mass is 313 g/mol. The molecule has 3 aliphatic heterocycles. The summed E-state index contributed by atoms with van der Waals surface area (Å²) < 4.78 is 6.32. The quantitative estimate of drug-likeness (QED) is 0.792. The maximum Gasteiger partial charge on any atom is 0.123 e. The van der Waals surface area contributed by atoms with E-state index in [-0.39, 0.29) is 12.0 Å². The van der Waals surface area contributed by atoms with Crippen molar-refractivity contribution in [1.29, 1.82) is 0 Å². The van der Waals surface area contributed by atoms with Gasteiger partial charge in [0.15, 0.2) is 0 Å². The van der Waals surface area contributed by atoms with Crippen LogP contribution in [0.5, 0.6) is 0 Å². The molecule has 3 heterocycles. The standard InChI is InChI=1S/C20H27NO2/c22-20(18-8-4-5-9-18,17-6-2-1-3-7-17)15-23-19-14-21-12-10-16(19)11-13-21/h1-2,6,16,18-19,22H,4-5,8-15H2. The number of nitrogens with zero attached hydrogens (tertiary/aromatic N) is 1. The summed E-state index contributed by atoms with van der Waals surface area (Å²) in [4.78, 5) is 2.50. The zero-order chi connectivity index (χ0) is 15.7. The smallest absolute Gasteiger partial charge is 0.123 e. The molecule has 0 aromatic heterocycles. The van der Waals surface area contributed by atoms with Crippen LogP contribution in [0, 0.1) is 11.8 Å². The van der Waals surface area contributed by atoms with Gasteiger partial charge in [0.2, 0.25) is 0 Å². The third-order valence-electron chi connectivity index (χ3n) is 6.26. The second-order valence-electron chi connectivity index (χ2n) is 7.60. The topological polar surface area (TPSA) is 32.7 Å². The van der Waals surface area contributed by atoms with E-state index in [1.54, 1.807) is 0 Å². The Hall–Kier alpha value is -1.08. The Balaban J connectivity index is 1.51. The van der Waals surface area contributed by atoms with E-state index < -0.39 is 5.60 Å². The van der Waals surface area contributed by atoms with Crippen molar-refractivity contribution in [2.24, 2.45) is 11.8 Å². The van der Waals surface area contributed by atoms with Gasteiger partial charge in [-0.15, -0.1) is 0 Å². The first kappa shape index (κ1) is 15.4. The maximum atomic E-state index is 11.5. The van der Waals surface area contributed by atoms with Crippen LogP contribution < -0.4 is 0 Å². The Morgan fingerprint density at radius 2 is 2.00 bits per heavy atom. The van der Waals surface area contributed by atoms with E-state index in [1.165, 1.54) is 38.8 Å². The lowest BCUT2D eigenvalue weighted by molar-refractivity contribution is -0.124. The molecule has 0 aromatic carbocycles. The van der Waals surface area contributed by atoms with Crippen molar-refractivity contribution in [3.63, 3.8) is 0 Å². The third kappa shape index (κ3) is 3.01. The van der Waals surface area contributed by atoms with E-state index >= 15 is 0 Å². The van der Waals surface area contributed by atoms with Gasteiger partial charge in [-0.05, 0) is 62.8 Å². The van der Waals surface area contributed by atoms with Crippen LogP contribution in [0.4, 0.5) is 0 Å². The van der Waals surface area contributed by atoms with Crippen LogP contribution in [0.3, 0.4) is 0 Å². The first-order valence-corrected chi connectivity index (χ1v) is 9.21. The molecule has 3 saturated heterocycles. The van der Waals surface area contributed by atoms with Crippen LogP contribution in [0.1, 0.15) is 38.5 Å².